The summed E-state index contributed by atoms with van der Waals surface area (Å²) >= 11 is 1.80. The Morgan fingerprint density at radius 2 is 2.15 bits per heavy atom. The summed E-state index contributed by atoms with van der Waals surface area (Å²) in [6.07, 6.45) is 0.976. The summed E-state index contributed by atoms with van der Waals surface area (Å²) in [6, 6.07) is 8.74. The molecule has 0 spiro atoms. The summed E-state index contributed by atoms with van der Waals surface area (Å²) in [5.41, 5.74) is 7.16. The van der Waals surface area contributed by atoms with Crippen LogP contribution in [-0.2, 0) is 6.42 Å². The third-order valence-corrected chi connectivity index (χ3v) is 3.12. The van der Waals surface area contributed by atoms with Gasteiger partial charge in [0, 0.05) is 10.7 Å². The van der Waals surface area contributed by atoms with Gasteiger partial charge >= 0.3 is 0 Å². The largest absolute Gasteiger partial charge is 0.328 e. The molecule has 0 aliphatic heterocycles. The van der Waals surface area contributed by atoms with Crippen LogP contribution in [0.2, 0.25) is 0 Å². The van der Waals surface area contributed by atoms with E-state index >= 15 is 0 Å². The second kappa shape index (κ2) is 3.48. The normalized spacial score (nSPS) is 13.4. The lowest BCUT2D eigenvalue weighted by atomic mass is 10.1. The monoisotopic (exact) mass is 191 g/mol. The highest BCUT2D eigenvalue weighted by Crippen LogP contribution is 2.26. The average molecular weight is 191 g/mol. The first kappa shape index (κ1) is 8.73. The Labute approximate surface area is 82.2 Å². The fourth-order valence-corrected chi connectivity index (χ4v) is 2.51. The van der Waals surface area contributed by atoms with Crippen LogP contribution in [-0.4, -0.2) is 6.04 Å². The first-order valence-electron chi connectivity index (χ1n) is 4.48. The number of hydrogen-bond donors (Lipinski definition) is 1. The smallest absolute Gasteiger partial charge is 0.0345 e. The summed E-state index contributed by atoms with van der Waals surface area (Å²) in [5, 5.41) is 3.58. The van der Waals surface area contributed by atoms with Crippen LogP contribution < -0.4 is 5.73 Å². The Morgan fingerprint density at radius 1 is 1.38 bits per heavy atom. The van der Waals surface area contributed by atoms with Gasteiger partial charge in [0.15, 0.2) is 0 Å². The molecule has 2 heteroatoms. The van der Waals surface area contributed by atoms with Gasteiger partial charge in [-0.1, -0.05) is 18.2 Å². The van der Waals surface area contributed by atoms with Crippen LogP contribution in [0.25, 0.3) is 10.1 Å². The van der Waals surface area contributed by atoms with E-state index in [1.165, 1.54) is 15.6 Å². The van der Waals surface area contributed by atoms with Gasteiger partial charge in [0.25, 0.3) is 0 Å². The van der Waals surface area contributed by atoms with E-state index in [-0.39, 0.29) is 6.04 Å². The topological polar surface area (TPSA) is 26.0 Å². The van der Waals surface area contributed by atoms with Crippen molar-refractivity contribution < 1.29 is 0 Å². The molecule has 0 bridgehead atoms. The van der Waals surface area contributed by atoms with Crippen LogP contribution in [0, 0.1) is 0 Å². The number of thiophene rings is 1. The van der Waals surface area contributed by atoms with Crippen molar-refractivity contribution in [3.8, 4) is 0 Å². The van der Waals surface area contributed by atoms with E-state index < -0.39 is 0 Å². The molecule has 2 rings (SSSR count). The van der Waals surface area contributed by atoms with Gasteiger partial charge in [0.05, 0.1) is 0 Å². The van der Waals surface area contributed by atoms with Crippen LogP contribution in [0.5, 0.6) is 0 Å². The van der Waals surface area contributed by atoms with Crippen LogP contribution in [0.4, 0.5) is 0 Å². The van der Waals surface area contributed by atoms with Gasteiger partial charge in [-0.2, -0.15) is 0 Å². The second-order valence-electron chi connectivity index (χ2n) is 3.44. The Kier molecular flexibility index (Phi) is 2.34. The summed E-state index contributed by atoms with van der Waals surface area (Å²) in [5.74, 6) is 0. The molecule has 1 nitrogen and oxygen atoms in total. The molecule has 0 amide bonds. The van der Waals surface area contributed by atoms with Gasteiger partial charge in [0.1, 0.15) is 0 Å². The zero-order chi connectivity index (χ0) is 9.26. The summed E-state index contributed by atoms with van der Waals surface area (Å²) in [4.78, 5) is 0. The van der Waals surface area contributed by atoms with Crippen molar-refractivity contribution in [2.75, 3.05) is 0 Å². The lowest BCUT2D eigenvalue weighted by Crippen LogP contribution is -2.17. The average Bonchev–Trinajstić information content (AvgIpc) is 2.48. The molecule has 0 aliphatic carbocycles. The van der Waals surface area contributed by atoms with Crippen molar-refractivity contribution in [1.29, 1.82) is 0 Å². The minimum Gasteiger partial charge on any atom is -0.328 e. The highest BCUT2D eigenvalue weighted by molar-refractivity contribution is 7.17. The standard InChI is InChI=1S/C11H13NS/c1-8(12)6-9-7-13-11-5-3-2-4-10(9)11/h2-5,7-8H,6,12H2,1H3/t8-/m0/s1. The van der Waals surface area contributed by atoms with Crippen LogP contribution in [0.1, 0.15) is 12.5 Å². The van der Waals surface area contributed by atoms with Crippen molar-refractivity contribution >= 4 is 21.4 Å². The third-order valence-electron chi connectivity index (χ3n) is 2.10. The van der Waals surface area contributed by atoms with Gasteiger partial charge in [0.2, 0.25) is 0 Å². The van der Waals surface area contributed by atoms with E-state index in [0.717, 1.165) is 6.42 Å². The molecule has 1 aromatic heterocycles. The molecular weight excluding hydrogens is 178 g/mol. The predicted molar refractivity (Wildman–Crippen MR) is 59.2 cm³/mol. The maximum Gasteiger partial charge on any atom is 0.0345 e. The molecule has 1 aromatic carbocycles. The molecule has 2 aromatic rings. The number of nitrogens with two attached hydrogens (primary N) is 1. The summed E-state index contributed by atoms with van der Waals surface area (Å²) in [6.45, 7) is 2.05. The zero-order valence-electron chi connectivity index (χ0n) is 7.66. The Hall–Kier alpha value is -0.860. The van der Waals surface area contributed by atoms with Crippen molar-refractivity contribution in [3.63, 3.8) is 0 Å². The molecule has 0 aliphatic rings. The molecule has 2 N–H and O–H groups in total. The van der Waals surface area contributed by atoms with E-state index in [9.17, 15) is 0 Å². The fraction of sp³-hybridized carbons (Fsp3) is 0.273. The van der Waals surface area contributed by atoms with Crippen molar-refractivity contribution in [2.45, 2.75) is 19.4 Å². The molecule has 68 valence electrons. The number of hydrogen-bond acceptors (Lipinski definition) is 2. The molecule has 0 fully saturated rings. The molecule has 0 saturated heterocycles. The van der Waals surface area contributed by atoms with E-state index in [2.05, 4.69) is 29.6 Å². The highest BCUT2D eigenvalue weighted by Gasteiger charge is 2.04. The highest BCUT2D eigenvalue weighted by atomic mass is 32.1. The lowest BCUT2D eigenvalue weighted by molar-refractivity contribution is 0.743. The summed E-state index contributed by atoms with van der Waals surface area (Å²) < 4.78 is 1.36. The van der Waals surface area contributed by atoms with Crippen LogP contribution in [0.3, 0.4) is 0 Å². The second-order valence-corrected chi connectivity index (χ2v) is 4.35. The lowest BCUT2D eigenvalue weighted by Gasteiger charge is -2.02. The first-order valence-corrected chi connectivity index (χ1v) is 5.36. The molecule has 1 atom stereocenters. The molecule has 1 heterocycles. The quantitative estimate of drug-likeness (QED) is 0.776. The zero-order valence-corrected chi connectivity index (χ0v) is 8.47. The maximum atomic E-state index is 5.78. The van der Waals surface area contributed by atoms with E-state index in [1.807, 2.05) is 6.92 Å². The van der Waals surface area contributed by atoms with Crippen molar-refractivity contribution in [2.24, 2.45) is 5.73 Å². The van der Waals surface area contributed by atoms with Crippen molar-refractivity contribution in [1.82, 2.24) is 0 Å². The predicted octanol–water partition coefficient (Wildman–Crippen LogP) is 2.79. The Morgan fingerprint density at radius 3 is 2.92 bits per heavy atom. The fourth-order valence-electron chi connectivity index (χ4n) is 1.54. The number of rotatable bonds is 2. The molecular formula is C11H13NS. The Balaban J connectivity index is 2.46. The van der Waals surface area contributed by atoms with Crippen LogP contribution >= 0.6 is 11.3 Å². The minimum atomic E-state index is 0.248. The Bertz CT molecular complexity index is 403. The van der Waals surface area contributed by atoms with E-state index in [4.69, 9.17) is 5.73 Å². The van der Waals surface area contributed by atoms with E-state index in [1.54, 1.807) is 11.3 Å². The van der Waals surface area contributed by atoms with Crippen LogP contribution in [0.15, 0.2) is 29.6 Å². The molecule has 0 unspecified atom stereocenters. The first-order chi connectivity index (χ1) is 6.27. The van der Waals surface area contributed by atoms with Gasteiger partial charge in [-0.05, 0) is 35.7 Å². The summed E-state index contributed by atoms with van der Waals surface area (Å²) in [7, 11) is 0. The third kappa shape index (κ3) is 1.74. The SMILES string of the molecule is C[C@H](N)Cc1csc2ccccc12. The maximum absolute atomic E-state index is 5.78. The number of fused-ring (bicyclic) bond motifs is 1. The number of benzene rings is 1. The molecule has 13 heavy (non-hydrogen) atoms. The van der Waals surface area contributed by atoms with Crippen molar-refractivity contribution in [3.05, 3.63) is 35.2 Å². The molecule has 0 saturated carbocycles. The van der Waals surface area contributed by atoms with E-state index in [0.29, 0.717) is 0 Å². The minimum absolute atomic E-state index is 0.248. The molecule has 0 radical (unpaired) electrons. The van der Waals surface area contributed by atoms with Gasteiger partial charge in [-0.25, -0.2) is 0 Å². The van der Waals surface area contributed by atoms with Gasteiger partial charge < -0.3 is 5.73 Å². The van der Waals surface area contributed by atoms with Gasteiger partial charge in [-0.15, -0.1) is 11.3 Å². The van der Waals surface area contributed by atoms with Gasteiger partial charge in [-0.3, -0.25) is 0 Å².